The van der Waals surface area contributed by atoms with E-state index >= 15 is 0 Å². The predicted octanol–water partition coefficient (Wildman–Crippen LogP) is 4.44. The van der Waals surface area contributed by atoms with E-state index in [0.717, 1.165) is 5.75 Å². The van der Waals surface area contributed by atoms with Gasteiger partial charge in [0.25, 0.3) is 0 Å². The van der Waals surface area contributed by atoms with Crippen LogP contribution in [-0.4, -0.2) is 77.6 Å². The molecule has 0 bridgehead atoms. The van der Waals surface area contributed by atoms with E-state index in [1.165, 1.54) is 17.7 Å². The molecule has 0 heterocycles. The van der Waals surface area contributed by atoms with Gasteiger partial charge in [-0.1, -0.05) is 32.9 Å². The van der Waals surface area contributed by atoms with Crippen LogP contribution in [0.3, 0.4) is 0 Å². The molecule has 38 heavy (non-hydrogen) atoms. The predicted molar refractivity (Wildman–Crippen MR) is 144 cm³/mol. The number of benzene rings is 2. The fourth-order valence-corrected chi connectivity index (χ4v) is 3.61. The highest BCUT2D eigenvalue weighted by atomic mass is 16.6. The van der Waals surface area contributed by atoms with Crippen LogP contribution in [0.5, 0.6) is 11.5 Å². The largest absolute Gasteiger partial charge is 0.491 e. The molecule has 8 nitrogen and oxygen atoms in total. The molecule has 0 unspecified atom stereocenters. The van der Waals surface area contributed by atoms with Gasteiger partial charge in [0.05, 0.1) is 52.9 Å². The van der Waals surface area contributed by atoms with Crippen LogP contribution < -0.4 is 9.47 Å². The van der Waals surface area contributed by atoms with Crippen molar-refractivity contribution in [3.63, 3.8) is 0 Å². The number of ketones is 2. The zero-order valence-corrected chi connectivity index (χ0v) is 22.5. The summed E-state index contributed by atoms with van der Waals surface area (Å²) < 4.78 is 33.4. The number of rotatable bonds is 17. The van der Waals surface area contributed by atoms with E-state index in [9.17, 15) is 9.59 Å². The van der Waals surface area contributed by atoms with Crippen LogP contribution in [0.1, 0.15) is 47.1 Å². The highest BCUT2D eigenvalue weighted by molar-refractivity contribution is 6.22. The SMILES string of the molecule is CC(C)(C)c1cccc(OCCOCCOCCOCCOCCOc2ccc3c(c2)C(=O)C=CC3=O)c1. The molecule has 1 aliphatic carbocycles. The Morgan fingerprint density at radius 2 is 1.03 bits per heavy atom. The third kappa shape index (κ3) is 10.0. The molecule has 1 aliphatic rings. The molecule has 0 atom stereocenters. The van der Waals surface area contributed by atoms with Gasteiger partial charge in [-0.25, -0.2) is 0 Å². The molecule has 0 aromatic heterocycles. The van der Waals surface area contributed by atoms with E-state index in [1.807, 2.05) is 12.1 Å². The molecule has 8 heteroatoms. The maximum absolute atomic E-state index is 11.9. The Morgan fingerprint density at radius 1 is 0.553 bits per heavy atom. The summed E-state index contributed by atoms with van der Waals surface area (Å²) in [5, 5.41) is 0. The van der Waals surface area contributed by atoms with Crippen molar-refractivity contribution in [1.82, 2.24) is 0 Å². The van der Waals surface area contributed by atoms with Crippen molar-refractivity contribution in [1.29, 1.82) is 0 Å². The van der Waals surface area contributed by atoms with Crippen molar-refractivity contribution in [3.8, 4) is 11.5 Å². The Balaban J connectivity index is 1.10. The second-order valence-corrected chi connectivity index (χ2v) is 9.69. The third-order valence-electron chi connectivity index (χ3n) is 5.72. The van der Waals surface area contributed by atoms with Crippen LogP contribution in [0.15, 0.2) is 54.6 Å². The number of hydrogen-bond acceptors (Lipinski definition) is 8. The molecule has 0 aliphatic heterocycles. The van der Waals surface area contributed by atoms with E-state index in [4.69, 9.17) is 28.4 Å². The molecule has 0 saturated carbocycles. The van der Waals surface area contributed by atoms with Crippen molar-refractivity contribution >= 4 is 11.6 Å². The zero-order valence-electron chi connectivity index (χ0n) is 22.5. The topological polar surface area (TPSA) is 89.5 Å². The molecule has 206 valence electrons. The Kier molecular flexibility index (Phi) is 12.0. The van der Waals surface area contributed by atoms with E-state index in [2.05, 4.69) is 32.9 Å². The van der Waals surface area contributed by atoms with Crippen LogP contribution in [0.4, 0.5) is 0 Å². The number of allylic oxidation sites excluding steroid dienone is 2. The maximum atomic E-state index is 11.9. The molecule has 0 saturated heterocycles. The average Bonchev–Trinajstić information content (AvgIpc) is 2.90. The van der Waals surface area contributed by atoms with Crippen LogP contribution in [0, 0.1) is 0 Å². The molecule has 0 spiro atoms. The summed E-state index contributed by atoms with van der Waals surface area (Å²) >= 11 is 0. The summed E-state index contributed by atoms with van der Waals surface area (Å²) in [6.07, 6.45) is 2.57. The van der Waals surface area contributed by atoms with Gasteiger partial charge in [0.2, 0.25) is 0 Å². The van der Waals surface area contributed by atoms with Gasteiger partial charge in [-0.2, -0.15) is 0 Å². The number of fused-ring (bicyclic) bond motifs is 1. The summed E-state index contributed by atoms with van der Waals surface area (Å²) in [7, 11) is 0. The minimum absolute atomic E-state index is 0.0923. The van der Waals surface area contributed by atoms with Gasteiger partial charge < -0.3 is 28.4 Å². The first-order chi connectivity index (χ1) is 18.3. The minimum Gasteiger partial charge on any atom is -0.491 e. The standard InChI is InChI=1S/C30H38O8/c1-30(2,3)23-5-4-6-24(21-23)37-19-17-35-15-13-33-11-12-34-14-16-36-18-20-38-25-7-8-26-27(22-25)29(32)10-9-28(26)31/h4-10,21-22H,11-20H2,1-3H3. The maximum Gasteiger partial charge on any atom is 0.186 e. The third-order valence-corrected chi connectivity index (χ3v) is 5.72. The van der Waals surface area contributed by atoms with Crippen molar-refractivity contribution in [2.24, 2.45) is 0 Å². The molecular formula is C30H38O8. The van der Waals surface area contributed by atoms with E-state index < -0.39 is 0 Å². The van der Waals surface area contributed by atoms with Gasteiger partial charge in [-0.15, -0.1) is 0 Å². The van der Waals surface area contributed by atoms with Crippen LogP contribution in [0.25, 0.3) is 0 Å². The number of carbonyl (C=O) groups is 2. The Hall–Kier alpha value is -3.04. The molecule has 2 aromatic rings. The van der Waals surface area contributed by atoms with Gasteiger partial charge in [-0.3, -0.25) is 9.59 Å². The van der Waals surface area contributed by atoms with Gasteiger partial charge >= 0.3 is 0 Å². The number of carbonyl (C=O) groups excluding carboxylic acids is 2. The lowest BCUT2D eigenvalue weighted by Gasteiger charge is -2.19. The van der Waals surface area contributed by atoms with E-state index in [1.54, 1.807) is 18.2 Å². The quantitative estimate of drug-likeness (QED) is 0.280. The Labute approximate surface area is 224 Å². The highest BCUT2D eigenvalue weighted by Gasteiger charge is 2.19. The number of hydrogen-bond donors (Lipinski definition) is 0. The normalized spacial score (nSPS) is 13.0. The molecule has 3 rings (SSSR count). The first-order valence-corrected chi connectivity index (χ1v) is 12.9. The van der Waals surface area contributed by atoms with Gasteiger partial charge in [0.1, 0.15) is 24.7 Å². The van der Waals surface area contributed by atoms with Gasteiger partial charge in [-0.05, 0) is 53.5 Å². The van der Waals surface area contributed by atoms with Crippen molar-refractivity contribution in [2.75, 3.05) is 66.1 Å². The van der Waals surface area contributed by atoms with E-state index in [-0.39, 0.29) is 17.0 Å². The van der Waals surface area contributed by atoms with Gasteiger partial charge in [0.15, 0.2) is 11.6 Å². The fourth-order valence-electron chi connectivity index (χ4n) is 3.61. The molecule has 0 radical (unpaired) electrons. The monoisotopic (exact) mass is 526 g/mol. The molecular weight excluding hydrogens is 488 g/mol. The first-order valence-electron chi connectivity index (χ1n) is 12.9. The summed E-state index contributed by atoms with van der Waals surface area (Å²) in [6, 6.07) is 13.0. The van der Waals surface area contributed by atoms with Crippen LogP contribution in [-0.2, 0) is 24.4 Å². The fraction of sp³-hybridized carbons (Fsp3) is 0.467. The average molecular weight is 527 g/mol. The summed E-state index contributed by atoms with van der Waals surface area (Å²) in [5.41, 5.74) is 2.10. The first kappa shape index (κ1) is 29.5. The minimum atomic E-state index is -0.196. The lowest BCUT2D eigenvalue weighted by molar-refractivity contribution is -0.00699. The Bertz CT molecular complexity index is 1070. The second-order valence-electron chi connectivity index (χ2n) is 9.69. The summed E-state index contributed by atoms with van der Waals surface area (Å²) in [5.74, 6) is 1.01. The van der Waals surface area contributed by atoms with Crippen LogP contribution in [0.2, 0.25) is 0 Å². The summed E-state index contributed by atoms with van der Waals surface area (Å²) in [4.78, 5) is 23.7. The highest BCUT2D eigenvalue weighted by Crippen LogP contribution is 2.25. The van der Waals surface area contributed by atoms with Crippen molar-refractivity contribution in [3.05, 3.63) is 71.3 Å². The number of ether oxygens (including phenoxy) is 6. The molecule has 2 aromatic carbocycles. The molecule has 0 N–H and O–H groups in total. The molecule has 0 amide bonds. The second kappa shape index (κ2) is 15.4. The van der Waals surface area contributed by atoms with Gasteiger partial charge in [0, 0.05) is 11.1 Å². The lowest BCUT2D eigenvalue weighted by Crippen LogP contribution is -2.15. The zero-order chi connectivity index (χ0) is 27.2. The summed E-state index contributed by atoms with van der Waals surface area (Å²) in [6.45, 7) is 11.1. The van der Waals surface area contributed by atoms with Crippen molar-refractivity contribution in [2.45, 2.75) is 26.2 Å². The van der Waals surface area contributed by atoms with Crippen molar-refractivity contribution < 1.29 is 38.0 Å². The Morgan fingerprint density at radius 3 is 1.55 bits per heavy atom. The van der Waals surface area contributed by atoms with Crippen LogP contribution >= 0.6 is 0 Å². The molecule has 0 fully saturated rings. The van der Waals surface area contributed by atoms with E-state index in [0.29, 0.717) is 82.9 Å². The lowest BCUT2D eigenvalue weighted by atomic mass is 9.87. The smallest absolute Gasteiger partial charge is 0.186 e.